The van der Waals surface area contributed by atoms with E-state index in [1.165, 1.54) is 0 Å². The van der Waals surface area contributed by atoms with Gasteiger partial charge in [-0.3, -0.25) is 0 Å². The molecule has 2 amide bonds. The molecule has 0 saturated carbocycles. The monoisotopic (exact) mass is 301 g/mol. The molecule has 0 unspecified atom stereocenters. The van der Waals surface area contributed by atoms with Crippen LogP contribution in [0, 0.1) is 0 Å². The third-order valence-corrected chi connectivity index (χ3v) is 2.05. The molecule has 1 aromatic rings. The summed E-state index contributed by atoms with van der Waals surface area (Å²) in [6.07, 6.45) is -1.64. The van der Waals surface area contributed by atoms with Crippen molar-refractivity contribution >= 4 is 28.1 Å². The summed E-state index contributed by atoms with van der Waals surface area (Å²) in [6.45, 7) is 0.302. The van der Waals surface area contributed by atoms with Gasteiger partial charge < -0.3 is 9.47 Å². The molecule has 0 aliphatic rings. The molecular formula is C11H12BrNO4. The summed E-state index contributed by atoms with van der Waals surface area (Å²) in [6, 6.07) is 9.16. The van der Waals surface area contributed by atoms with Gasteiger partial charge in [0.25, 0.3) is 0 Å². The van der Waals surface area contributed by atoms with Gasteiger partial charge in [0.05, 0.1) is 0 Å². The molecule has 0 heterocycles. The molecule has 1 N–H and O–H groups in total. The van der Waals surface area contributed by atoms with Crippen molar-refractivity contribution in [3.8, 4) is 0 Å². The van der Waals surface area contributed by atoms with Crippen molar-refractivity contribution in [1.29, 1.82) is 0 Å². The van der Waals surface area contributed by atoms with Gasteiger partial charge in [0.15, 0.2) is 0 Å². The molecule has 1 aromatic carbocycles. The van der Waals surface area contributed by atoms with Crippen molar-refractivity contribution in [3.63, 3.8) is 0 Å². The SMILES string of the molecule is O=C(NC(=O)OCc1ccccc1)OCCBr. The lowest BCUT2D eigenvalue weighted by atomic mass is 10.2. The number of carbonyl (C=O) groups excluding carboxylic acids is 2. The van der Waals surface area contributed by atoms with Gasteiger partial charge in [-0.2, -0.15) is 0 Å². The zero-order valence-electron chi connectivity index (χ0n) is 9.02. The van der Waals surface area contributed by atoms with E-state index in [0.29, 0.717) is 5.33 Å². The van der Waals surface area contributed by atoms with Gasteiger partial charge in [-0.25, -0.2) is 14.9 Å². The Bertz CT molecular complexity index is 369. The van der Waals surface area contributed by atoms with E-state index in [0.717, 1.165) is 5.56 Å². The first-order valence-electron chi connectivity index (χ1n) is 4.93. The lowest BCUT2D eigenvalue weighted by Crippen LogP contribution is -2.31. The molecule has 0 bridgehead atoms. The number of nitrogens with one attached hydrogen (secondary N) is 1. The van der Waals surface area contributed by atoms with E-state index >= 15 is 0 Å². The predicted octanol–water partition coefficient (Wildman–Crippen LogP) is 2.44. The van der Waals surface area contributed by atoms with Crippen LogP contribution in [0.2, 0.25) is 0 Å². The summed E-state index contributed by atoms with van der Waals surface area (Å²) in [4.78, 5) is 22.1. The molecule has 0 radical (unpaired) electrons. The third kappa shape index (κ3) is 5.91. The average Bonchev–Trinajstić information content (AvgIpc) is 2.35. The van der Waals surface area contributed by atoms with E-state index in [1.54, 1.807) is 0 Å². The highest BCUT2D eigenvalue weighted by Gasteiger charge is 2.09. The minimum atomic E-state index is -0.826. The highest BCUT2D eigenvalue weighted by Crippen LogP contribution is 2.00. The molecular weight excluding hydrogens is 290 g/mol. The molecule has 0 aromatic heterocycles. The number of amides is 2. The predicted molar refractivity (Wildman–Crippen MR) is 64.9 cm³/mol. The van der Waals surface area contributed by atoms with Crippen LogP contribution in [-0.2, 0) is 16.1 Å². The summed E-state index contributed by atoms with van der Waals surface area (Å²) in [5.41, 5.74) is 0.844. The fourth-order valence-corrected chi connectivity index (χ4v) is 1.17. The Hall–Kier alpha value is -1.56. The van der Waals surface area contributed by atoms with E-state index in [2.05, 4.69) is 20.7 Å². The smallest absolute Gasteiger partial charge is 0.416 e. The average molecular weight is 302 g/mol. The third-order valence-electron chi connectivity index (χ3n) is 1.73. The maximum Gasteiger partial charge on any atom is 0.416 e. The summed E-state index contributed by atoms with van der Waals surface area (Å²) < 4.78 is 9.43. The second kappa shape index (κ2) is 7.67. The van der Waals surface area contributed by atoms with Crippen LogP contribution in [0.3, 0.4) is 0 Å². The standard InChI is InChI=1S/C11H12BrNO4/c12-6-7-16-10(14)13-11(15)17-8-9-4-2-1-3-5-9/h1-5H,6-8H2,(H,13,14,15). The Morgan fingerprint density at radius 1 is 1.12 bits per heavy atom. The fraction of sp³-hybridized carbons (Fsp3) is 0.273. The maximum atomic E-state index is 11.1. The van der Waals surface area contributed by atoms with E-state index in [4.69, 9.17) is 4.74 Å². The number of hydrogen-bond donors (Lipinski definition) is 1. The molecule has 0 atom stereocenters. The summed E-state index contributed by atoms with van der Waals surface area (Å²) in [7, 11) is 0. The summed E-state index contributed by atoms with van der Waals surface area (Å²) in [5.74, 6) is 0. The van der Waals surface area contributed by atoms with Crippen molar-refractivity contribution in [2.24, 2.45) is 0 Å². The van der Waals surface area contributed by atoms with E-state index in [1.807, 2.05) is 35.6 Å². The number of imide groups is 1. The molecule has 0 spiro atoms. The number of carbonyl (C=O) groups is 2. The van der Waals surface area contributed by atoms with Gasteiger partial charge in [-0.05, 0) is 5.56 Å². The lowest BCUT2D eigenvalue weighted by molar-refractivity contribution is 0.123. The Balaban J connectivity index is 2.24. The van der Waals surface area contributed by atoms with E-state index in [-0.39, 0.29) is 13.2 Å². The summed E-state index contributed by atoms with van der Waals surface area (Å²) in [5, 5.41) is 2.46. The van der Waals surface area contributed by atoms with Crippen LogP contribution in [0.25, 0.3) is 0 Å². The van der Waals surface area contributed by atoms with Crippen LogP contribution in [-0.4, -0.2) is 24.1 Å². The largest absolute Gasteiger partial charge is 0.448 e. The molecule has 0 aliphatic carbocycles. The van der Waals surface area contributed by atoms with Crippen molar-refractivity contribution in [2.75, 3.05) is 11.9 Å². The quantitative estimate of drug-likeness (QED) is 0.868. The summed E-state index contributed by atoms with van der Waals surface area (Å²) >= 11 is 3.08. The topological polar surface area (TPSA) is 64.6 Å². The van der Waals surface area contributed by atoms with Crippen LogP contribution in [0.1, 0.15) is 5.56 Å². The van der Waals surface area contributed by atoms with Gasteiger partial charge >= 0.3 is 12.2 Å². The fourth-order valence-electron chi connectivity index (χ4n) is 1.01. The Morgan fingerprint density at radius 3 is 2.41 bits per heavy atom. The molecule has 0 saturated heterocycles. The zero-order chi connectivity index (χ0) is 12.5. The first-order chi connectivity index (χ1) is 8.22. The molecule has 6 heteroatoms. The van der Waals surface area contributed by atoms with Crippen molar-refractivity contribution in [1.82, 2.24) is 5.32 Å². The Morgan fingerprint density at radius 2 is 1.76 bits per heavy atom. The number of benzene rings is 1. The van der Waals surface area contributed by atoms with Gasteiger partial charge in [0, 0.05) is 5.33 Å². The number of halogens is 1. The molecule has 0 fully saturated rings. The van der Waals surface area contributed by atoms with Crippen molar-refractivity contribution in [2.45, 2.75) is 6.61 Å². The van der Waals surface area contributed by atoms with Crippen molar-refractivity contribution < 1.29 is 19.1 Å². The molecule has 5 nitrogen and oxygen atoms in total. The Labute approximate surface area is 107 Å². The van der Waals surface area contributed by atoms with Crippen molar-refractivity contribution in [3.05, 3.63) is 35.9 Å². The lowest BCUT2D eigenvalue weighted by Gasteiger charge is -2.06. The Kier molecular flexibility index (Phi) is 6.09. The number of rotatable bonds is 4. The van der Waals surface area contributed by atoms with Gasteiger partial charge in [-0.15, -0.1) is 0 Å². The van der Waals surface area contributed by atoms with Crippen LogP contribution >= 0.6 is 15.9 Å². The number of hydrogen-bond acceptors (Lipinski definition) is 4. The van der Waals surface area contributed by atoms with Gasteiger partial charge in [-0.1, -0.05) is 46.3 Å². The van der Waals surface area contributed by atoms with Gasteiger partial charge in [0.1, 0.15) is 13.2 Å². The second-order valence-electron chi connectivity index (χ2n) is 3.01. The van der Waals surface area contributed by atoms with E-state index in [9.17, 15) is 9.59 Å². The van der Waals surface area contributed by atoms with Crippen LogP contribution in [0.5, 0.6) is 0 Å². The number of ether oxygens (including phenoxy) is 2. The number of alkyl carbamates (subject to hydrolysis) is 2. The minimum Gasteiger partial charge on any atom is -0.448 e. The molecule has 1 rings (SSSR count). The van der Waals surface area contributed by atoms with Crippen LogP contribution in [0.4, 0.5) is 9.59 Å². The van der Waals surface area contributed by atoms with Crippen LogP contribution < -0.4 is 5.32 Å². The second-order valence-corrected chi connectivity index (χ2v) is 3.80. The minimum absolute atomic E-state index is 0.110. The molecule has 17 heavy (non-hydrogen) atoms. The molecule has 92 valence electrons. The normalized spacial score (nSPS) is 9.47. The maximum absolute atomic E-state index is 11.1. The highest BCUT2D eigenvalue weighted by molar-refractivity contribution is 9.09. The van der Waals surface area contributed by atoms with E-state index < -0.39 is 12.2 Å². The first-order valence-corrected chi connectivity index (χ1v) is 6.05. The zero-order valence-corrected chi connectivity index (χ0v) is 10.6. The highest BCUT2D eigenvalue weighted by atomic mass is 79.9. The van der Waals surface area contributed by atoms with Crippen LogP contribution in [0.15, 0.2) is 30.3 Å². The molecule has 0 aliphatic heterocycles. The van der Waals surface area contributed by atoms with Gasteiger partial charge in [0.2, 0.25) is 0 Å². The first kappa shape index (κ1) is 13.5. The number of alkyl halides is 1.